The van der Waals surface area contributed by atoms with Crippen LogP contribution in [0.1, 0.15) is 29.9 Å². The van der Waals surface area contributed by atoms with Gasteiger partial charge in [0.25, 0.3) is 0 Å². The summed E-state index contributed by atoms with van der Waals surface area (Å²) >= 11 is 3.58. The summed E-state index contributed by atoms with van der Waals surface area (Å²) in [5.74, 6) is -0.191. The van der Waals surface area contributed by atoms with Gasteiger partial charge in [0.1, 0.15) is 0 Å². The normalized spacial score (nSPS) is 17.9. The second-order valence-corrected chi connectivity index (χ2v) is 5.86. The Balaban J connectivity index is 2.12. The van der Waals surface area contributed by atoms with Crippen LogP contribution in [0.5, 0.6) is 0 Å². The average Bonchev–Trinajstić information content (AvgIpc) is 2.30. The van der Waals surface area contributed by atoms with Crippen LogP contribution in [0.4, 0.5) is 0 Å². The van der Waals surface area contributed by atoms with E-state index in [1.54, 1.807) is 0 Å². The van der Waals surface area contributed by atoms with Gasteiger partial charge in [0.15, 0.2) is 0 Å². The topological polar surface area (TPSA) is 40.5 Å². The Labute approximate surface area is 116 Å². The van der Waals surface area contributed by atoms with E-state index in [9.17, 15) is 4.79 Å². The quantitative estimate of drug-likeness (QED) is 0.933. The number of likely N-dealkylation sites (tertiary alicyclic amines) is 1. The summed E-state index contributed by atoms with van der Waals surface area (Å²) in [5.41, 5.74) is 2.17. The second-order valence-electron chi connectivity index (χ2n) is 5.00. The molecule has 0 aliphatic carbocycles. The number of carboxylic acids is 1. The maximum absolute atomic E-state index is 10.7. The molecule has 0 aromatic heterocycles. The molecule has 0 unspecified atom stereocenters. The molecule has 0 radical (unpaired) electrons. The van der Waals surface area contributed by atoms with E-state index in [4.69, 9.17) is 5.11 Å². The summed E-state index contributed by atoms with van der Waals surface area (Å²) < 4.78 is 1.05. The van der Waals surface area contributed by atoms with Gasteiger partial charge in [-0.2, -0.15) is 0 Å². The number of nitrogens with zero attached hydrogens (tertiary/aromatic N) is 1. The van der Waals surface area contributed by atoms with E-state index in [1.165, 1.54) is 18.4 Å². The van der Waals surface area contributed by atoms with Gasteiger partial charge in [-0.3, -0.25) is 4.79 Å². The van der Waals surface area contributed by atoms with Gasteiger partial charge in [-0.05, 0) is 56.1 Å². The lowest BCUT2D eigenvalue weighted by Crippen LogP contribution is -2.29. The number of carboxylic acid groups (broad SMARTS) is 1. The molecule has 1 N–H and O–H groups in total. The molecule has 1 fully saturated rings. The molecule has 0 saturated carbocycles. The first-order valence-corrected chi connectivity index (χ1v) is 7.04. The molecular weight excluding hydrogens is 294 g/mol. The predicted octanol–water partition coefficient (Wildman–Crippen LogP) is 2.89. The lowest BCUT2D eigenvalue weighted by atomic mass is 9.89. The van der Waals surface area contributed by atoms with E-state index in [-0.39, 0.29) is 6.42 Å². The maximum Gasteiger partial charge on any atom is 0.307 e. The number of aliphatic carboxylic acids is 1. The third-order valence-electron chi connectivity index (χ3n) is 3.58. The molecule has 4 heteroatoms. The molecule has 1 aliphatic rings. The summed E-state index contributed by atoms with van der Waals surface area (Å²) in [6.07, 6.45) is 2.44. The molecule has 18 heavy (non-hydrogen) atoms. The molecule has 0 amide bonds. The van der Waals surface area contributed by atoms with Gasteiger partial charge < -0.3 is 10.0 Å². The van der Waals surface area contributed by atoms with Crippen molar-refractivity contribution >= 4 is 21.9 Å². The van der Waals surface area contributed by atoms with Crippen molar-refractivity contribution in [1.29, 1.82) is 0 Å². The lowest BCUT2D eigenvalue weighted by molar-refractivity contribution is -0.136. The minimum absolute atomic E-state index is 0.0896. The minimum atomic E-state index is -0.783. The monoisotopic (exact) mass is 311 g/mol. The first kappa shape index (κ1) is 13.6. The van der Waals surface area contributed by atoms with Gasteiger partial charge in [0.2, 0.25) is 0 Å². The standard InChI is InChI=1S/C14H18BrNO2/c1-16-6-4-11(5-7-16)12-3-2-10(8-13(12)15)9-14(17)18/h2-3,8,11H,4-7,9H2,1H3,(H,17,18). The van der Waals surface area contributed by atoms with Crippen molar-refractivity contribution in [2.75, 3.05) is 20.1 Å². The van der Waals surface area contributed by atoms with Crippen LogP contribution in [0.15, 0.2) is 22.7 Å². The van der Waals surface area contributed by atoms with Crippen molar-refractivity contribution < 1.29 is 9.90 Å². The molecule has 1 aromatic rings. The number of carbonyl (C=O) groups is 1. The molecular formula is C14H18BrNO2. The molecule has 1 aliphatic heterocycles. The Morgan fingerprint density at radius 1 is 1.44 bits per heavy atom. The van der Waals surface area contributed by atoms with E-state index in [2.05, 4.69) is 33.9 Å². The van der Waals surface area contributed by atoms with Gasteiger partial charge in [0.05, 0.1) is 6.42 Å². The van der Waals surface area contributed by atoms with Crippen molar-refractivity contribution in [3.8, 4) is 0 Å². The van der Waals surface area contributed by atoms with Gasteiger partial charge in [-0.25, -0.2) is 0 Å². The van der Waals surface area contributed by atoms with Crippen molar-refractivity contribution in [3.63, 3.8) is 0 Å². The summed E-state index contributed by atoms with van der Waals surface area (Å²) in [7, 11) is 2.15. The van der Waals surface area contributed by atoms with Crippen LogP contribution in [0.3, 0.4) is 0 Å². The van der Waals surface area contributed by atoms with Crippen molar-refractivity contribution in [2.45, 2.75) is 25.2 Å². The van der Waals surface area contributed by atoms with E-state index in [1.807, 2.05) is 12.1 Å². The third kappa shape index (κ3) is 3.33. The highest BCUT2D eigenvalue weighted by Crippen LogP contribution is 2.33. The van der Waals surface area contributed by atoms with Crippen LogP contribution < -0.4 is 0 Å². The molecule has 98 valence electrons. The molecule has 0 atom stereocenters. The smallest absolute Gasteiger partial charge is 0.307 e. The lowest BCUT2D eigenvalue weighted by Gasteiger charge is -2.29. The first-order chi connectivity index (χ1) is 8.56. The molecule has 1 aromatic carbocycles. The number of piperidine rings is 1. The SMILES string of the molecule is CN1CCC(c2ccc(CC(=O)O)cc2Br)CC1. The Morgan fingerprint density at radius 3 is 2.67 bits per heavy atom. The number of hydrogen-bond acceptors (Lipinski definition) is 2. The number of rotatable bonds is 3. The summed E-state index contributed by atoms with van der Waals surface area (Å²) in [4.78, 5) is 13.0. The van der Waals surface area contributed by atoms with Crippen molar-refractivity contribution in [3.05, 3.63) is 33.8 Å². The molecule has 3 nitrogen and oxygen atoms in total. The fraction of sp³-hybridized carbons (Fsp3) is 0.500. The second kappa shape index (κ2) is 5.85. The largest absolute Gasteiger partial charge is 0.481 e. The zero-order chi connectivity index (χ0) is 13.1. The van der Waals surface area contributed by atoms with Crippen LogP contribution >= 0.6 is 15.9 Å². The average molecular weight is 312 g/mol. The molecule has 2 rings (SSSR count). The molecule has 0 spiro atoms. The highest BCUT2D eigenvalue weighted by atomic mass is 79.9. The molecule has 1 heterocycles. The van der Waals surface area contributed by atoms with Crippen LogP contribution in [-0.2, 0) is 11.2 Å². The molecule has 0 bridgehead atoms. The fourth-order valence-electron chi connectivity index (χ4n) is 2.51. The van der Waals surface area contributed by atoms with Gasteiger partial charge in [0, 0.05) is 4.47 Å². The highest BCUT2D eigenvalue weighted by Gasteiger charge is 2.20. The van der Waals surface area contributed by atoms with Crippen LogP contribution in [0.25, 0.3) is 0 Å². The van der Waals surface area contributed by atoms with E-state index in [0.29, 0.717) is 5.92 Å². The Bertz CT molecular complexity index is 439. The number of benzene rings is 1. The maximum atomic E-state index is 10.7. The zero-order valence-corrected chi connectivity index (χ0v) is 12.1. The van der Waals surface area contributed by atoms with Crippen LogP contribution in [0.2, 0.25) is 0 Å². The number of halogens is 1. The van der Waals surface area contributed by atoms with E-state index in [0.717, 1.165) is 23.1 Å². The summed E-state index contributed by atoms with van der Waals surface area (Å²) in [5, 5.41) is 8.78. The van der Waals surface area contributed by atoms with Gasteiger partial charge in [-0.15, -0.1) is 0 Å². The van der Waals surface area contributed by atoms with Crippen molar-refractivity contribution in [2.24, 2.45) is 0 Å². The first-order valence-electron chi connectivity index (χ1n) is 6.25. The van der Waals surface area contributed by atoms with Crippen LogP contribution in [-0.4, -0.2) is 36.1 Å². The molecule has 1 saturated heterocycles. The van der Waals surface area contributed by atoms with E-state index >= 15 is 0 Å². The third-order valence-corrected chi connectivity index (χ3v) is 4.27. The van der Waals surface area contributed by atoms with Crippen LogP contribution in [0, 0.1) is 0 Å². The Hall–Kier alpha value is -0.870. The Morgan fingerprint density at radius 2 is 2.11 bits per heavy atom. The van der Waals surface area contributed by atoms with E-state index < -0.39 is 5.97 Å². The fourth-order valence-corrected chi connectivity index (χ4v) is 3.26. The highest BCUT2D eigenvalue weighted by molar-refractivity contribution is 9.10. The van der Waals surface area contributed by atoms with Gasteiger partial charge >= 0.3 is 5.97 Å². The van der Waals surface area contributed by atoms with Gasteiger partial charge in [-0.1, -0.05) is 28.1 Å². The summed E-state index contributed by atoms with van der Waals surface area (Å²) in [6.45, 7) is 2.27. The van der Waals surface area contributed by atoms with Crippen molar-refractivity contribution in [1.82, 2.24) is 4.90 Å². The minimum Gasteiger partial charge on any atom is -0.481 e. The predicted molar refractivity (Wildman–Crippen MR) is 75.0 cm³/mol. The number of hydrogen-bond donors (Lipinski definition) is 1. The Kier molecular flexibility index (Phi) is 4.40. The summed E-state index contributed by atoms with van der Waals surface area (Å²) in [6, 6.07) is 5.96. The zero-order valence-electron chi connectivity index (χ0n) is 10.5.